The molecule has 1 aliphatic heterocycles. The molecule has 2 aromatic carbocycles. The topological polar surface area (TPSA) is 66.5 Å². The van der Waals surface area contributed by atoms with Gasteiger partial charge in [-0.2, -0.15) is 4.31 Å². The van der Waals surface area contributed by atoms with Gasteiger partial charge in [0.2, 0.25) is 10.0 Å². The lowest BCUT2D eigenvalue weighted by Gasteiger charge is -2.34. The molecule has 0 spiro atoms. The monoisotopic (exact) mass is 428 g/mol. The van der Waals surface area contributed by atoms with Gasteiger partial charge in [-0.15, -0.1) is 0 Å². The molecule has 1 amide bonds. The van der Waals surface area contributed by atoms with E-state index in [0.29, 0.717) is 30.5 Å². The van der Waals surface area contributed by atoms with Crippen LogP contribution in [0.2, 0.25) is 0 Å². The first-order valence-corrected chi connectivity index (χ1v) is 12.0. The average molecular weight is 429 g/mol. The molecule has 5 nitrogen and oxygen atoms in total. The zero-order valence-corrected chi connectivity index (χ0v) is 19.3. The Labute approximate surface area is 180 Å². The lowest BCUT2D eigenvalue weighted by atomic mass is 9.94. The minimum atomic E-state index is -3.55. The van der Waals surface area contributed by atoms with Crippen LogP contribution in [0.15, 0.2) is 47.4 Å². The Hall–Kier alpha value is -2.18. The van der Waals surface area contributed by atoms with Crippen LogP contribution >= 0.6 is 0 Å². The predicted molar refractivity (Wildman–Crippen MR) is 121 cm³/mol. The Bertz CT molecular complexity index is 1000. The Balaban J connectivity index is 1.80. The number of aryl methyl sites for hydroxylation is 1. The summed E-state index contributed by atoms with van der Waals surface area (Å²) in [7, 11) is -3.55. The molecule has 1 heterocycles. The third-order valence-corrected chi connectivity index (χ3v) is 7.60. The summed E-state index contributed by atoms with van der Waals surface area (Å²) in [4.78, 5) is 13.1. The van der Waals surface area contributed by atoms with Crippen LogP contribution in [0.4, 0.5) is 5.69 Å². The summed E-state index contributed by atoms with van der Waals surface area (Å²) in [6.07, 6.45) is 1.04. The Kier molecular flexibility index (Phi) is 6.68. The number of anilines is 1. The van der Waals surface area contributed by atoms with E-state index < -0.39 is 10.0 Å². The number of piperidine rings is 1. The van der Waals surface area contributed by atoms with Gasteiger partial charge in [0.05, 0.1) is 4.90 Å². The smallest absolute Gasteiger partial charge is 0.255 e. The molecular formula is C24H32N2O3S. The number of benzene rings is 2. The molecule has 0 aliphatic carbocycles. The summed E-state index contributed by atoms with van der Waals surface area (Å²) in [6, 6.07) is 12.2. The number of rotatable bonds is 5. The number of hydrogen-bond acceptors (Lipinski definition) is 3. The summed E-state index contributed by atoms with van der Waals surface area (Å²) in [5.74, 6) is 0.730. The van der Waals surface area contributed by atoms with Gasteiger partial charge >= 0.3 is 0 Å². The molecule has 0 aromatic heterocycles. The third-order valence-electron chi connectivity index (χ3n) is 5.76. The van der Waals surface area contributed by atoms with E-state index in [1.807, 2.05) is 25.1 Å². The van der Waals surface area contributed by atoms with Crippen LogP contribution < -0.4 is 5.32 Å². The summed E-state index contributed by atoms with van der Waals surface area (Å²) in [6.45, 7) is 11.4. The second-order valence-electron chi connectivity index (χ2n) is 8.94. The van der Waals surface area contributed by atoms with Crippen LogP contribution in [-0.2, 0) is 10.0 Å². The maximum Gasteiger partial charge on any atom is 0.255 e. The van der Waals surface area contributed by atoms with Crippen LogP contribution in [0.1, 0.15) is 61.5 Å². The predicted octanol–water partition coefficient (Wildman–Crippen LogP) is 5.04. The fourth-order valence-electron chi connectivity index (χ4n) is 4.26. The van der Waals surface area contributed by atoms with Crippen molar-refractivity contribution >= 4 is 21.6 Å². The second kappa shape index (κ2) is 8.90. The third kappa shape index (κ3) is 4.76. The Morgan fingerprint density at radius 1 is 1.03 bits per heavy atom. The number of para-hydroxylation sites is 1. The fraction of sp³-hybridized carbons (Fsp3) is 0.458. The molecule has 6 heteroatoms. The molecule has 162 valence electrons. The second-order valence-corrected chi connectivity index (χ2v) is 10.9. The lowest BCUT2D eigenvalue weighted by molar-refractivity contribution is 0.102. The zero-order chi connectivity index (χ0) is 22.1. The molecule has 2 unspecified atom stereocenters. The van der Waals surface area contributed by atoms with Crippen molar-refractivity contribution < 1.29 is 13.2 Å². The fourth-order valence-corrected chi connectivity index (χ4v) is 5.94. The maximum absolute atomic E-state index is 13.0. The highest BCUT2D eigenvalue weighted by molar-refractivity contribution is 7.89. The highest BCUT2D eigenvalue weighted by atomic mass is 32.2. The normalized spacial score (nSPS) is 20.3. The van der Waals surface area contributed by atoms with Crippen molar-refractivity contribution in [2.24, 2.45) is 11.8 Å². The van der Waals surface area contributed by atoms with E-state index in [4.69, 9.17) is 0 Å². The molecule has 1 saturated heterocycles. The number of carbonyl (C=O) groups is 1. The van der Waals surface area contributed by atoms with Crippen molar-refractivity contribution in [3.05, 3.63) is 59.2 Å². The van der Waals surface area contributed by atoms with Crippen LogP contribution in [-0.4, -0.2) is 31.7 Å². The summed E-state index contributed by atoms with van der Waals surface area (Å²) >= 11 is 0. The lowest BCUT2D eigenvalue weighted by Crippen LogP contribution is -2.42. The molecule has 30 heavy (non-hydrogen) atoms. The van der Waals surface area contributed by atoms with Gasteiger partial charge < -0.3 is 5.32 Å². The maximum atomic E-state index is 13.0. The quantitative estimate of drug-likeness (QED) is 0.726. The summed E-state index contributed by atoms with van der Waals surface area (Å²) in [5.41, 5.74) is 3.34. The van der Waals surface area contributed by atoms with Crippen LogP contribution in [0.5, 0.6) is 0 Å². The van der Waals surface area contributed by atoms with Gasteiger partial charge in [-0.25, -0.2) is 8.42 Å². The van der Waals surface area contributed by atoms with Gasteiger partial charge in [-0.05, 0) is 66.5 Å². The molecule has 0 radical (unpaired) electrons. The number of carbonyl (C=O) groups excluding carboxylic acids is 1. The number of nitrogens with zero attached hydrogens (tertiary/aromatic N) is 1. The van der Waals surface area contributed by atoms with E-state index in [0.717, 1.165) is 23.2 Å². The first-order valence-electron chi connectivity index (χ1n) is 10.6. The van der Waals surface area contributed by atoms with Gasteiger partial charge in [-0.1, -0.05) is 45.9 Å². The number of hydrogen-bond donors (Lipinski definition) is 1. The van der Waals surface area contributed by atoms with E-state index in [1.54, 1.807) is 16.4 Å². The zero-order valence-electron chi connectivity index (χ0n) is 18.5. The minimum absolute atomic E-state index is 0.235. The Morgan fingerprint density at radius 2 is 1.63 bits per heavy atom. The van der Waals surface area contributed by atoms with Gasteiger partial charge in [0, 0.05) is 24.3 Å². The van der Waals surface area contributed by atoms with Crippen LogP contribution in [0.25, 0.3) is 0 Å². The van der Waals surface area contributed by atoms with E-state index in [2.05, 4.69) is 33.0 Å². The molecule has 1 fully saturated rings. The van der Waals surface area contributed by atoms with Crippen molar-refractivity contribution in [1.82, 2.24) is 4.31 Å². The molecule has 0 saturated carbocycles. The number of nitrogens with one attached hydrogen (secondary N) is 1. The molecule has 2 atom stereocenters. The van der Waals surface area contributed by atoms with E-state index in [9.17, 15) is 13.2 Å². The van der Waals surface area contributed by atoms with Crippen LogP contribution in [0, 0.1) is 18.8 Å². The van der Waals surface area contributed by atoms with Gasteiger partial charge in [0.15, 0.2) is 0 Å². The molecule has 0 bridgehead atoms. The molecule has 2 aromatic rings. The highest BCUT2D eigenvalue weighted by Crippen LogP contribution is 2.29. The first kappa shape index (κ1) is 22.5. The van der Waals surface area contributed by atoms with E-state index in [-0.39, 0.29) is 16.7 Å². The standard InChI is InChI=1S/C24H32N2O3S/c1-16(2)22-8-6-7-19(5)23(22)25-24(27)20-9-11-21(12-10-20)30(28,29)26-14-17(3)13-18(4)15-26/h6-12,16-18H,13-15H2,1-5H3,(H,25,27). The molecule has 1 N–H and O–H groups in total. The molecule has 1 aliphatic rings. The molecule has 3 rings (SSSR count). The van der Waals surface area contributed by atoms with E-state index in [1.165, 1.54) is 12.1 Å². The highest BCUT2D eigenvalue weighted by Gasteiger charge is 2.31. The van der Waals surface area contributed by atoms with Crippen LogP contribution in [0.3, 0.4) is 0 Å². The largest absolute Gasteiger partial charge is 0.321 e. The van der Waals surface area contributed by atoms with Gasteiger partial charge in [-0.3, -0.25) is 4.79 Å². The van der Waals surface area contributed by atoms with E-state index >= 15 is 0 Å². The summed E-state index contributed by atoms with van der Waals surface area (Å²) < 4.78 is 27.7. The van der Waals surface area contributed by atoms with Crippen molar-refractivity contribution in [2.75, 3.05) is 18.4 Å². The number of sulfonamides is 1. The first-order chi connectivity index (χ1) is 14.1. The van der Waals surface area contributed by atoms with Crippen molar-refractivity contribution in [2.45, 2.75) is 51.9 Å². The van der Waals surface area contributed by atoms with Gasteiger partial charge in [0.1, 0.15) is 0 Å². The SMILES string of the molecule is Cc1cccc(C(C)C)c1NC(=O)c1ccc(S(=O)(=O)N2CC(C)CC(C)C2)cc1. The van der Waals surface area contributed by atoms with Crippen molar-refractivity contribution in [3.63, 3.8) is 0 Å². The van der Waals surface area contributed by atoms with Gasteiger partial charge in [0.25, 0.3) is 5.91 Å². The van der Waals surface area contributed by atoms with Crippen molar-refractivity contribution in [1.29, 1.82) is 0 Å². The average Bonchev–Trinajstić information content (AvgIpc) is 2.68. The summed E-state index contributed by atoms with van der Waals surface area (Å²) in [5, 5.41) is 3.01. The minimum Gasteiger partial charge on any atom is -0.321 e. The Morgan fingerprint density at radius 3 is 2.20 bits per heavy atom. The molecular weight excluding hydrogens is 396 g/mol. The van der Waals surface area contributed by atoms with Crippen molar-refractivity contribution in [3.8, 4) is 0 Å². The number of amides is 1.